The van der Waals surface area contributed by atoms with E-state index < -0.39 is 17.4 Å². The van der Waals surface area contributed by atoms with Gasteiger partial charge in [-0.3, -0.25) is 9.59 Å². The van der Waals surface area contributed by atoms with Crippen LogP contribution in [0.2, 0.25) is 5.02 Å². The lowest BCUT2D eigenvalue weighted by Gasteiger charge is -2.15. The molecule has 0 aliphatic heterocycles. The number of carbonyl (C=O) groups excluding carboxylic acids is 1. The number of pyridine rings is 2. The molecular weight excluding hydrogens is 359 g/mol. The number of aromatic nitrogens is 2. The van der Waals surface area contributed by atoms with Crippen LogP contribution in [0.4, 0.5) is 15.9 Å². The molecule has 3 N–H and O–H groups in total. The lowest BCUT2D eigenvalue weighted by atomic mass is 10.1. The summed E-state index contributed by atoms with van der Waals surface area (Å²) in [6.45, 7) is 3.19. The molecule has 134 valence electrons. The number of rotatable bonds is 4. The van der Waals surface area contributed by atoms with Crippen molar-refractivity contribution in [1.82, 2.24) is 9.97 Å². The van der Waals surface area contributed by atoms with Gasteiger partial charge in [0.2, 0.25) is 5.91 Å². The number of hydrogen-bond acceptors (Lipinski definition) is 4. The average molecular weight is 375 g/mol. The van der Waals surface area contributed by atoms with Crippen molar-refractivity contribution in [3.8, 4) is 0 Å². The summed E-state index contributed by atoms with van der Waals surface area (Å²) in [4.78, 5) is 30.2. The SMILES string of the molecule is CC(=O)Nc1ccnc(N[C@@H](C)c2cc3cc(Cl)cc(F)c3[nH]c2=O)c1. The van der Waals surface area contributed by atoms with E-state index in [9.17, 15) is 14.0 Å². The highest BCUT2D eigenvalue weighted by molar-refractivity contribution is 6.31. The highest BCUT2D eigenvalue weighted by Crippen LogP contribution is 2.24. The molecule has 1 aromatic carbocycles. The summed E-state index contributed by atoms with van der Waals surface area (Å²) >= 11 is 5.89. The molecular formula is C18H16ClFN4O2. The van der Waals surface area contributed by atoms with Gasteiger partial charge in [-0.25, -0.2) is 9.37 Å². The number of fused-ring (bicyclic) bond motifs is 1. The molecule has 2 aromatic heterocycles. The Balaban J connectivity index is 1.93. The second kappa shape index (κ2) is 7.13. The fourth-order valence-electron chi connectivity index (χ4n) is 2.67. The number of H-pyrrole nitrogens is 1. The Morgan fingerprint density at radius 3 is 2.81 bits per heavy atom. The lowest BCUT2D eigenvalue weighted by Crippen LogP contribution is -2.20. The zero-order valence-electron chi connectivity index (χ0n) is 14.1. The summed E-state index contributed by atoms with van der Waals surface area (Å²) in [5, 5.41) is 6.51. The first-order valence-corrected chi connectivity index (χ1v) is 8.23. The quantitative estimate of drug-likeness (QED) is 0.647. The third-order valence-corrected chi connectivity index (χ3v) is 4.03. The van der Waals surface area contributed by atoms with Gasteiger partial charge >= 0.3 is 0 Å². The molecule has 0 unspecified atom stereocenters. The predicted molar refractivity (Wildman–Crippen MR) is 100 cm³/mol. The summed E-state index contributed by atoms with van der Waals surface area (Å²) in [6, 6.07) is 7.23. The van der Waals surface area contributed by atoms with Crippen LogP contribution in [0.3, 0.4) is 0 Å². The molecule has 3 rings (SSSR count). The van der Waals surface area contributed by atoms with Gasteiger partial charge in [-0.15, -0.1) is 0 Å². The van der Waals surface area contributed by atoms with Gasteiger partial charge in [0, 0.05) is 40.8 Å². The highest BCUT2D eigenvalue weighted by atomic mass is 35.5. The van der Waals surface area contributed by atoms with E-state index in [1.54, 1.807) is 37.4 Å². The van der Waals surface area contributed by atoms with E-state index in [1.807, 2.05) is 0 Å². The molecule has 0 aliphatic rings. The Bertz CT molecular complexity index is 1050. The molecule has 2 heterocycles. The van der Waals surface area contributed by atoms with Gasteiger partial charge in [0.15, 0.2) is 0 Å². The lowest BCUT2D eigenvalue weighted by molar-refractivity contribution is -0.114. The third-order valence-electron chi connectivity index (χ3n) is 3.81. The monoisotopic (exact) mass is 374 g/mol. The van der Waals surface area contributed by atoms with E-state index in [1.165, 1.54) is 6.92 Å². The highest BCUT2D eigenvalue weighted by Gasteiger charge is 2.14. The van der Waals surface area contributed by atoms with E-state index in [2.05, 4.69) is 20.6 Å². The molecule has 1 amide bonds. The minimum atomic E-state index is -0.582. The van der Waals surface area contributed by atoms with Crippen molar-refractivity contribution in [1.29, 1.82) is 0 Å². The second-order valence-electron chi connectivity index (χ2n) is 5.88. The van der Waals surface area contributed by atoms with Crippen molar-refractivity contribution in [2.75, 3.05) is 10.6 Å². The topological polar surface area (TPSA) is 86.9 Å². The van der Waals surface area contributed by atoms with Crippen LogP contribution in [0, 0.1) is 5.82 Å². The smallest absolute Gasteiger partial charge is 0.253 e. The van der Waals surface area contributed by atoms with Crippen LogP contribution in [0.25, 0.3) is 10.9 Å². The van der Waals surface area contributed by atoms with Crippen molar-refractivity contribution >= 4 is 39.9 Å². The van der Waals surface area contributed by atoms with Gasteiger partial charge in [-0.2, -0.15) is 0 Å². The summed E-state index contributed by atoms with van der Waals surface area (Å²) in [7, 11) is 0. The zero-order chi connectivity index (χ0) is 18.8. The normalized spacial score (nSPS) is 12.0. The zero-order valence-corrected chi connectivity index (χ0v) is 14.8. The third kappa shape index (κ3) is 3.83. The maximum absolute atomic E-state index is 13.9. The number of nitrogens with zero attached hydrogens (tertiary/aromatic N) is 1. The number of amides is 1. The number of hydrogen-bond donors (Lipinski definition) is 3. The largest absolute Gasteiger partial charge is 0.363 e. The Hall–Kier alpha value is -2.93. The van der Waals surface area contributed by atoms with Crippen molar-refractivity contribution < 1.29 is 9.18 Å². The standard InChI is InChI=1S/C18H16ClFN4O2/c1-9(22-16-8-13(3-4-21-16)23-10(2)25)14-6-11-5-12(19)7-15(20)17(11)24-18(14)26/h3-9H,1-2H3,(H,24,26)(H2,21,22,23,25)/t9-/m0/s1. The minimum absolute atomic E-state index is 0.112. The fraction of sp³-hybridized carbons (Fsp3) is 0.167. The minimum Gasteiger partial charge on any atom is -0.363 e. The number of nitrogens with one attached hydrogen (secondary N) is 3. The van der Waals surface area contributed by atoms with Gasteiger partial charge in [-0.05, 0) is 31.2 Å². The van der Waals surface area contributed by atoms with Crippen LogP contribution in [-0.2, 0) is 4.79 Å². The Morgan fingerprint density at radius 2 is 2.08 bits per heavy atom. The summed E-state index contributed by atoms with van der Waals surface area (Å²) in [5.41, 5.74) is 0.701. The number of aromatic amines is 1. The van der Waals surface area contributed by atoms with E-state index in [4.69, 9.17) is 11.6 Å². The first-order valence-electron chi connectivity index (χ1n) is 7.85. The Labute approximate surface area is 153 Å². The Morgan fingerprint density at radius 1 is 1.31 bits per heavy atom. The summed E-state index contributed by atoms with van der Waals surface area (Å²) < 4.78 is 13.9. The van der Waals surface area contributed by atoms with Gasteiger partial charge in [0.1, 0.15) is 11.6 Å². The van der Waals surface area contributed by atoms with Crippen LogP contribution in [0.1, 0.15) is 25.5 Å². The average Bonchev–Trinajstić information content (AvgIpc) is 2.54. The molecule has 0 spiro atoms. The van der Waals surface area contributed by atoms with Crippen LogP contribution in [0.15, 0.2) is 41.3 Å². The van der Waals surface area contributed by atoms with Crippen LogP contribution < -0.4 is 16.2 Å². The fourth-order valence-corrected chi connectivity index (χ4v) is 2.88. The van der Waals surface area contributed by atoms with Crippen molar-refractivity contribution in [3.63, 3.8) is 0 Å². The number of anilines is 2. The van der Waals surface area contributed by atoms with Crippen molar-refractivity contribution in [2.24, 2.45) is 0 Å². The van der Waals surface area contributed by atoms with E-state index in [-0.39, 0.29) is 16.4 Å². The number of carbonyl (C=O) groups is 1. The van der Waals surface area contributed by atoms with Crippen molar-refractivity contribution in [3.05, 3.63) is 63.3 Å². The molecule has 8 heteroatoms. The molecule has 26 heavy (non-hydrogen) atoms. The van der Waals surface area contributed by atoms with Crippen molar-refractivity contribution in [2.45, 2.75) is 19.9 Å². The number of halogens is 2. The Kier molecular flexibility index (Phi) is 4.90. The van der Waals surface area contributed by atoms with Crippen LogP contribution in [0.5, 0.6) is 0 Å². The van der Waals surface area contributed by atoms with Crippen LogP contribution in [-0.4, -0.2) is 15.9 Å². The molecule has 3 aromatic rings. The molecule has 1 atom stereocenters. The maximum atomic E-state index is 13.9. The van der Waals surface area contributed by atoms with Gasteiger partial charge in [0.05, 0.1) is 11.6 Å². The molecule has 6 nitrogen and oxygen atoms in total. The van der Waals surface area contributed by atoms with Gasteiger partial charge in [-0.1, -0.05) is 11.6 Å². The molecule has 0 radical (unpaired) electrons. The van der Waals surface area contributed by atoms with Crippen LogP contribution >= 0.6 is 11.6 Å². The molecule has 0 bridgehead atoms. The first kappa shape index (κ1) is 17.9. The predicted octanol–water partition coefficient (Wildman–Crippen LogP) is 3.85. The van der Waals surface area contributed by atoms with E-state index >= 15 is 0 Å². The van der Waals surface area contributed by atoms with Gasteiger partial charge < -0.3 is 15.6 Å². The molecule has 0 fully saturated rings. The molecule has 0 saturated carbocycles. The van der Waals surface area contributed by atoms with E-state index in [0.717, 1.165) is 6.07 Å². The summed E-state index contributed by atoms with van der Waals surface area (Å²) in [6.07, 6.45) is 1.54. The summed E-state index contributed by atoms with van der Waals surface area (Å²) in [5.74, 6) is -0.290. The number of benzene rings is 1. The molecule has 0 aliphatic carbocycles. The second-order valence-corrected chi connectivity index (χ2v) is 6.32. The van der Waals surface area contributed by atoms with E-state index in [0.29, 0.717) is 22.5 Å². The molecule has 0 saturated heterocycles. The maximum Gasteiger partial charge on any atom is 0.253 e. The first-order chi connectivity index (χ1) is 12.3. The van der Waals surface area contributed by atoms with Gasteiger partial charge in [0.25, 0.3) is 5.56 Å².